The van der Waals surface area contributed by atoms with E-state index < -0.39 is 0 Å². The molecule has 0 saturated carbocycles. The molecular weight excluding hydrogens is 268 g/mol. The molecule has 21 heavy (non-hydrogen) atoms. The molecule has 0 aliphatic heterocycles. The maximum atomic E-state index is 12.0. The van der Waals surface area contributed by atoms with Crippen LogP contribution in [0.15, 0.2) is 36.5 Å². The molecule has 6 heteroatoms. The fraction of sp³-hybridized carbons (Fsp3) is 0.200. The third kappa shape index (κ3) is 2.80. The summed E-state index contributed by atoms with van der Waals surface area (Å²) in [4.78, 5) is 15.3. The van der Waals surface area contributed by atoms with Crippen molar-refractivity contribution in [2.45, 2.75) is 0 Å². The number of methoxy groups -OCH3 is 1. The van der Waals surface area contributed by atoms with Crippen molar-refractivity contribution < 1.29 is 9.53 Å². The summed E-state index contributed by atoms with van der Waals surface area (Å²) >= 11 is 0. The zero-order chi connectivity index (χ0) is 14.7. The maximum absolute atomic E-state index is 12.0. The highest BCUT2D eigenvalue weighted by Gasteiger charge is 2.09. The van der Waals surface area contributed by atoms with Gasteiger partial charge in [-0.05, 0) is 30.3 Å². The van der Waals surface area contributed by atoms with Gasteiger partial charge in [0, 0.05) is 36.3 Å². The van der Waals surface area contributed by atoms with E-state index in [0.29, 0.717) is 18.7 Å². The number of benzene rings is 1. The van der Waals surface area contributed by atoms with E-state index in [0.717, 1.165) is 22.3 Å². The van der Waals surface area contributed by atoms with Crippen molar-refractivity contribution in [3.63, 3.8) is 0 Å². The van der Waals surface area contributed by atoms with Crippen molar-refractivity contribution in [2.24, 2.45) is 0 Å². The van der Waals surface area contributed by atoms with Crippen molar-refractivity contribution in [3.8, 4) is 11.4 Å². The molecule has 3 N–H and O–H groups in total. The van der Waals surface area contributed by atoms with E-state index in [-0.39, 0.29) is 5.91 Å². The number of carbonyl (C=O) groups excluding carboxylic acids is 1. The van der Waals surface area contributed by atoms with E-state index in [1.54, 1.807) is 19.4 Å². The van der Waals surface area contributed by atoms with E-state index >= 15 is 0 Å². The number of fused-ring (bicyclic) bond motifs is 1. The van der Waals surface area contributed by atoms with Gasteiger partial charge in [-0.15, -0.1) is 0 Å². The summed E-state index contributed by atoms with van der Waals surface area (Å²) in [6.45, 7) is 1.00. The van der Waals surface area contributed by atoms with Crippen molar-refractivity contribution in [2.75, 3.05) is 20.3 Å². The predicted octanol–water partition coefficient (Wildman–Crippen LogP) is 1.93. The van der Waals surface area contributed by atoms with E-state index in [1.165, 1.54) is 0 Å². The highest BCUT2D eigenvalue weighted by atomic mass is 16.5. The number of amides is 1. The lowest BCUT2D eigenvalue weighted by molar-refractivity contribution is 0.0937. The first-order chi connectivity index (χ1) is 10.3. The fourth-order valence-corrected chi connectivity index (χ4v) is 2.19. The molecule has 2 aromatic heterocycles. The Bertz CT molecular complexity index is 746. The van der Waals surface area contributed by atoms with Crippen LogP contribution in [0, 0.1) is 0 Å². The number of carbonyl (C=O) groups is 1. The molecule has 3 rings (SSSR count). The Morgan fingerprint density at radius 3 is 2.95 bits per heavy atom. The quantitative estimate of drug-likeness (QED) is 0.626. The van der Waals surface area contributed by atoms with Gasteiger partial charge in [-0.3, -0.25) is 9.89 Å². The van der Waals surface area contributed by atoms with Gasteiger partial charge in [0.05, 0.1) is 18.0 Å². The van der Waals surface area contributed by atoms with Gasteiger partial charge in [0.2, 0.25) is 0 Å². The summed E-state index contributed by atoms with van der Waals surface area (Å²) < 4.78 is 4.91. The Labute approximate surface area is 121 Å². The molecule has 2 heterocycles. The third-order valence-corrected chi connectivity index (χ3v) is 3.27. The lowest BCUT2D eigenvalue weighted by Gasteiger charge is -2.04. The third-order valence-electron chi connectivity index (χ3n) is 3.27. The Kier molecular flexibility index (Phi) is 3.70. The number of hydrogen-bond donors (Lipinski definition) is 3. The highest BCUT2D eigenvalue weighted by molar-refractivity contribution is 5.98. The molecule has 1 aromatic carbocycles. The molecule has 0 saturated heterocycles. The smallest absolute Gasteiger partial charge is 0.251 e. The summed E-state index contributed by atoms with van der Waals surface area (Å²) in [6.07, 6.45) is 1.70. The molecule has 0 fully saturated rings. The van der Waals surface area contributed by atoms with Gasteiger partial charge in [0.15, 0.2) is 0 Å². The van der Waals surface area contributed by atoms with Gasteiger partial charge in [-0.25, -0.2) is 0 Å². The lowest BCUT2D eigenvalue weighted by atomic mass is 10.1. The second-order valence-corrected chi connectivity index (χ2v) is 4.70. The number of rotatable bonds is 5. The van der Waals surface area contributed by atoms with Crippen LogP contribution in [-0.2, 0) is 4.74 Å². The van der Waals surface area contributed by atoms with Crippen molar-refractivity contribution >= 4 is 16.8 Å². The number of aromatic nitrogens is 3. The second kappa shape index (κ2) is 5.80. The number of hydrogen-bond acceptors (Lipinski definition) is 3. The molecule has 0 aliphatic carbocycles. The fourth-order valence-electron chi connectivity index (χ4n) is 2.19. The SMILES string of the molecule is COCCNC(=O)c1ccc2[nH]c(-c3ccn[nH]3)cc2c1. The Hall–Kier alpha value is -2.60. The molecule has 3 aromatic rings. The van der Waals surface area contributed by atoms with E-state index in [9.17, 15) is 4.79 Å². The number of ether oxygens (including phenoxy) is 1. The minimum Gasteiger partial charge on any atom is -0.383 e. The first kappa shape index (κ1) is 13.4. The molecule has 108 valence electrons. The van der Waals surface area contributed by atoms with Crippen LogP contribution in [-0.4, -0.2) is 41.3 Å². The monoisotopic (exact) mass is 284 g/mol. The van der Waals surface area contributed by atoms with Gasteiger partial charge >= 0.3 is 0 Å². The molecule has 0 aliphatic rings. The average Bonchev–Trinajstić information content (AvgIpc) is 3.15. The number of aromatic amines is 2. The molecular formula is C15H16N4O2. The molecule has 6 nitrogen and oxygen atoms in total. The zero-order valence-corrected chi connectivity index (χ0v) is 11.6. The Morgan fingerprint density at radius 2 is 2.19 bits per heavy atom. The molecule has 0 spiro atoms. The van der Waals surface area contributed by atoms with Crippen molar-refractivity contribution in [3.05, 3.63) is 42.1 Å². The van der Waals surface area contributed by atoms with Crippen LogP contribution < -0.4 is 5.32 Å². The predicted molar refractivity (Wildman–Crippen MR) is 80.1 cm³/mol. The Morgan fingerprint density at radius 1 is 1.29 bits per heavy atom. The van der Waals surface area contributed by atoms with Gasteiger partial charge < -0.3 is 15.0 Å². The van der Waals surface area contributed by atoms with Crippen LogP contribution in [0.2, 0.25) is 0 Å². The Balaban J connectivity index is 1.84. The van der Waals surface area contributed by atoms with E-state index in [4.69, 9.17) is 4.74 Å². The van der Waals surface area contributed by atoms with E-state index in [2.05, 4.69) is 20.5 Å². The van der Waals surface area contributed by atoms with Crippen molar-refractivity contribution in [1.29, 1.82) is 0 Å². The summed E-state index contributed by atoms with van der Waals surface area (Å²) in [7, 11) is 1.61. The molecule has 0 bridgehead atoms. The molecule has 1 amide bonds. The summed E-state index contributed by atoms with van der Waals surface area (Å²) in [5.41, 5.74) is 3.47. The molecule has 0 unspecified atom stereocenters. The van der Waals surface area contributed by atoms with Crippen LogP contribution in [0.4, 0.5) is 0 Å². The van der Waals surface area contributed by atoms with Gasteiger partial charge in [-0.2, -0.15) is 5.10 Å². The second-order valence-electron chi connectivity index (χ2n) is 4.70. The summed E-state index contributed by atoms with van der Waals surface area (Å²) in [5.74, 6) is -0.0989. The average molecular weight is 284 g/mol. The highest BCUT2D eigenvalue weighted by Crippen LogP contribution is 2.23. The number of nitrogens with one attached hydrogen (secondary N) is 3. The van der Waals surface area contributed by atoms with Crippen LogP contribution in [0.3, 0.4) is 0 Å². The molecule has 0 atom stereocenters. The summed E-state index contributed by atoms with van der Waals surface area (Å²) in [5, 5.41) is 10.6. The van der Waals surface area contributed by atoms with Gasteiger partial charge in [-0.1, -0.05) is 0 Å². The van der Waals surface area contributed by atoms with Crippen LogP contribution in [0.25, 0.3) is 22.3 Å². The summed E-state index contributed by atoms with van der Waals surface area (Å²) in [6, 6.07) is 9.46. The first-order valence-electron chi connectivity index (χ1n) is 6.67. The normalized spacial score (nSPS) is 10.9. The zero-order valence-electron chi connectivity index (χ0n) is 11.6. The van der Waals surface area contributed by atoms with Crippen LogP contribution >= 0.6 is 0 Å². The van der Waals surface area contributed by atoms with E-state index in [1.807, 2.05) is 24.3 Å². The largest absolute Gasteiger partial charge is 0.383 e. The van der Waals surface area contributed by atoms with Gasteiger partial charge in [0.25, 0.3) is 5.91 Å². The standard InChI is InChI=1S/C15H16N4O2/c1-21-7-6-16-15(20)10-2-3-12-11(8-10)9-14(18-12)13-4-5-17-19-13/h2-5,8-9,18H,6-7H2,1H3,(H,16,20)(H,17,19). The number of H-pyrrole nitrogens is 2. The van der Waals surface area contributed by atoms with Crippen molar-refractivity contribution in [1.82, 2.24) is 20.5 Å². The van der Waals surface area contributed by atoms with Gasteiger partial charge in [0.1, 0.15) is 0 Å². The lowest BCUT2D eigenvalue weighted by Crippen LogP contribution is -2.26. The number of nitrogens with zero attached hydrogens (tertiary/aromatic N) is 1. The minimum absolute atomic E-state index is 0.0989. The maximum Gasteiger partial charge on any atom is 0.251 e. The van der Waals surface area contributed by atoms with Crippen LogP contribution in [0.1, 0.15) is 10.4 Å². The topological polar surface area (TPSA) is 82.8 Å². The van der Waals surface area contributed by atoms with Crippen LogP contribution in [0.5, 0.6) is 0 Å². The minimum atomic E-state index is -0.0989. The molecule has 0 radical (unpaired) electrons. The first-order valence-corrected chi connectivity index (χ1v) is 6.67.